The highest BCUT2D eigenvalue weighted by Crippen LogP contribution is 2.25. The van der Waals surface area contributed by atoms with Gasteiger partial charge in [-0.05, 0) is 36.4 Å². The van der Waals surface area contributed by atoms with E-state index in [-0.39, 0.29) is 20.8 Å². The van der Waals surface area contributed by atoms with Gasteiger partial charge in [-0.2, -0.15) is 0 Å². The summed E-state index contributed by atoms with van der Waals surface area (Å²) in [6.07, 6.45) is 0. The topological polar surface area (TPSA) is 75.3 Å². The smallest absolute Gasteiger partial charge is 0.261 e. The van der Waals surface area contributed by atoms with E-state index >= 15 is 0 Å². The Morgan fingerprint density at radius 2 is 1.52 bits per heavy atom. The third-order valence-electron chi connectivity index (χ3n) is 3.20. The van der Waals surface area contributed by atoms with E-state index < -0.39 is 15.4 Å². The Hall–Kier alpha value is -1.76. The van der Waals surface area contributed by atoms with Gasteiger partial charge in [0.25, 0.3) is 10.0 Å². The molecule has 0 radical (unpaired) electrons. The third-order valence-corrected chi connectivity index (χ3v) is 5.00. The summed E-state index contributed by atoms with van der Waals surface area (Å²) < 4.78 is 27.4. The summed E-state index contributed by atoms with van der Waals surface area (Å²) in [5.41, 5.74) is 0.236. The fourth-order valence-corrected chi connectivity index (χ4v) is 3.65. The number of nitrogens with one attached hydrogen (secondary N) is 2. The van der Waals surface area contributed by atoms with Crippen LogP contribution in [0.4, 0.5) is 11.4 Å². The molecular formula is C17H18Cl2N2O3S. The summed E-state index contributed by atoms with van der Waals surface area (Å²) >= 11 is 11.7. The van der Waals surface area contributed by atoms with Crippen molar-refractivity contribution in [1.29, 1.82) is 0 Å². The first kappa shape index (κ1) is 19.6. The predicted molar refractivity (Wildman–Crippen MR) is 102 cm³/mol. The van der Waals surface area contributed by atoms with Gasteiger partial charge in [-0.15, -0.1) is 0 Å². The number of amides is 1. The van der Waals surface area contributed by atoms with Crippen molar-refractivity contribution >= 4 is 50.5 Å². The second-order valence-corrected chi connectivity index (χ2v) is 9.05. The van der Waals surface area contributed by atoms with Crippen LogP contribution in [0.3, 0.4) is 0 Å². The van der Waals surface area contributed by atoms with Crippen molar-refractivity contribution in [2.24, 2.45) is 5.41 Å². The van der Waals surface area contributed by atoms with E-state index in [1.165, 1.54) is 24.3 Å². The molecule has 0 aliphatic heterocycles. The molecule has 0 atom stereocenters. The quantitative estimate of drug-likeness (QED) is 0.774. The van der Waals surface area contributed by atoms with Gasteiger partial charge in [-0.3, -0.25) is 9.52 Å². The second-order valence-electron chi connectivity index (χ2n) is 6.50. The summed E-state index contributed by atoms with van der Waals surface area (Å²) in [6, 6.07) is 10.5. The fourth-order valence-electron chi connectivity index (χ4n) is 1.88. The molecule has 2 N–H and O–H groups in total. The van der Waals surface area contributed by atoms with Crippen LogP contribution in [0.25, 0.3) is 0 Å². The molecule has 25 heavy (non-hydrogen) atoms. The monoisotopic (exact) mass is 400 g/mol. The van der Waals surface area contributed by atoms with Gasteiger partial charge in [0.1, 0.15) is 0 Å². The molecule has 2 rings (SSSR count). The van der Waals surface area contributed by atoms with E-state index in [2.05, 4.69) is 10.0 Å². The van der Waals surface area contributed by atoms with Gasteiger partial charge in [0.05, 0.1) is 10.6 Å². The van der Waals surface area contributed by atoms with Crippen molar-refractivity contribution in [2.75, 3.05) is 10.0 Å². The molecule has 0 fully saturated rings. The number of halogens is 2. The van der Waals surface area contributed by atoms with Crippen molar-refractivity contribution in [3.63, 3.8) is 0 Å². The number of anilines is 2. The van der Waals surface area contributed by atoms with E-state index in [0.717, 1.165) is 0 Å². The Kier molecular flexibility index (Phi) is 5.66. The number of hydrogen-bond donors (Lipinski definition) is 2. The van der Waals surface area contributed by atoms with Crippen molar-refractivity contribution in [3.05, 3.63) is 52.5 Å². The van der Waals surface area contributed by atoms with Gasteiger partial charge in [0.2, 0.25) is 5.91 Å². The molecule has 1 amide bonds. The highest BCUT2D eigenvalue weighted by Gasteiger charge is 2.21. The SMILES string of the molecule is CC(C)(C)C(=O)Nc1cccc(NS(=O)(=O)c2cc(Cl)cc(Cl)c2)c1. The summed E-state index contributed by atoms with van der Waals surface area (Å²) in [5, 5.41) is 3.19. The highest BCUT2D eigenvalue weighted by molar-refractivity contribution is 7.92. The van der Waals surface area contributed by atoms with E-state index in [9.17, 15) is 13.2 Å². The van der Waals surface area contributed by atoms with E-state index in [1.54, 1.807) is 39.0 Å². The molecule has 0 unspecified atom stereocenters. The lowest BCUT2D eigenvalue weighted by molar-refractivity contribution is -0.123. The molecule has 0 saturated carbocycles. The Bertz CT molecular complexity index is 886. The molecule has 5 nitrogen and oxygen atoms in total. The predicted octanol–water partition coefficient (Wildman–Crippen LogP) is 4.78. The zero-order valence-corrected chi connectivity index (χ0v) is 16.3. The second kappa shape index (κ2) is 7.23. The molecule has 8 heteroatoms. The highest BCUT2D eigenvalue weighted by atomic mass is 35.5. The summed E-state index contributed by atoms with van der Waals surface area (Å²) in [7, 11) is -3.86. The van der Waals surface area contributed by atoms with Gasteiger partial charge in [-0.1, -0.05) is 50.0 Å². The van der Waals surface area contributed by atoms with Crippen LogP contribution in [0.5, 0.6) is 0 Å². The minimum absolute atomic E-state index is 0.0471. The van der Waals surface area contributed by atoms with Gasteiger partial charge in [0.15, 0.2) is 0 Å². The lowest BCUT2D eigenvalue weighted by atomic mass is 9.95. The maximum Gasteiger partial charge on any atom is 0.261 e. The van der Waals surface area contributed by atoms with Crippen LogP contribution in [0.1, 0.15) is 20.8 Å². The molecule has 0 saturated heterocycles. The van der Waals surface area contributed by atoms with Crippen LogP contribution in [0.2, 0.25) is 10.0 Å². The lowest BCUT2D eigenvalue weighted by Gasteiger charge is -2.18. The van der Waals surface area contributed by atoms with Crippen LogP contribution in [-0.2, 0) is 14.8 Å². The third kappa shape index (κ3) is 5.36. The van der Waals surface area contributed by atoms with Crippen LogP contribution >= 0.6 is 23.2 Å². The van der Waals surface area contributed by atoms with E-state index in [1.807, 2.05) is 0 Å². The zero-order chi connectivity index (χ0) is 18.8. The van der Waals surface area contributed by atoms with Crippen LogP contribution in [0, 0.1) is 5.41 Å². The molecule has 2 aromatic carbocycles. The number of benzene rings is 2. The number of sulfonamides is 1. The molecule has 134 valence electrons. The van der Waals surface area contributed by atoms with Gasteiger partial charge in [0, 0.05) is 21.1 Å². The van der Waals surface area contributed by atoms with Gasteiger partial charge >= 0.3 is 0 Å². The number of hydrogen-bond acceptors (Lipinski definition) is 3. The first-order valence-corrected chi connectivity index (χ1v) is 9.62. The van der Waals surface area contributed by atoms with E-state index in [0.29, 0.717) is 11.4 Å². The van der Waals surface area contributed by atoms with Crippen molar-refractivity contribution in [3.8, 4) is 0 Å². The zero-order valence-electron chi connectivity index (χ0n) is 13.9. The molecule has 0 aliphatic rings. The Morgan fingerprint density at radius 1 is 0.960 bits per heavy atom. The number of carbonyl (C=O) groups is 1. The van der Waals surface area contributed by atoms with Gasteiger partial charge in [-0.25, -0.2) is 8.42 Å². The summed E-state index contributed by atoms with van der Waals surface area (Å²) in [6.45, 7) is 5.37. The molecule has 0 aromatic heterocycles. The van der Waals surface area contributed by atoms with Crippen molar-refractivity contribution < 1.29 is 13.2 Å². The van der Waals surface area contributed by atoms with Crippen molar-refractivity contribution in [2.45, 2.75) is 25.7 Å². The first-order chi connectivity index (χ1) is 11.5. The van der Waals surface area contributed by atoms with Crippen LogP contribution < -0.4 is 10.0 Å². The molecular weight excluding hydrogens is 383 g/mol. The molecule has 0 bridgehead atoms. The maximum absolute atomic E-state index is 12.5. The lowest BCUT2D eigenvalue weighted by Crippen LogP contribution is -2.27. The average Bonchev–Trinajstić information content (AvgIpc) is 2.45. The normalized spacial score (nSPS) is 11.9. The molecule has 0 spiro atoms. The average molecular weight is 401 g/mol. The Balaban J connectivity index is 2.25. The fraction of sp³-hybridized carbons (Fsp3) is 0.235. The molecule has 0 heterocycles. The van der Waals surface area contributed by atoms with Crippen molar-refractivity contribution in [1.82, 2.24) is 0 Å². The van der Waals surface area contributed by atoms with E-state index in [4.69, 9.17) is 23.2 Å². The largest absolute Gasteiger partial charge is 0.326 e. The van der Waals surface area contributed by atoms with Gasteiger partial charge < -0.3 is 5.32 Å². The minimum Gasteiger partial charge on any atom is -0.326 e. The standard InChI is InChI=1S/C17H18Cl2N2O3S/c1-17(2,3)16(22)20-13-5-4-6-14(10-13)21-25(23,24)15-8-11(18)7-12(19)9-15/h4-10,21H,1-3H3,(H,20,22). The van der Waals surface area contributed by atoms with Crippen LogP contribution in [-0.4, -0.2) is 14.3 Å². The van der Waals surface area contributed by atoms with Crippen LogP contribution in [0.15, 0.2) is 47.4 Å². The summed E-state index contributed by atoms with van der Waals surface area (Å²) in [5.74, 6) is -0.172. The maximum atomic E-state index is 12.5. The first-order valence-electron chi connectivity index (χ1n) is 7.38. The Morgan fingerprint density at radius 3 is 2.08 bits per heavy atom. The number of carbonyl (C=O) groups excluding carboxylic acids is 1. The number of rotatable bonds is 4. The molecule has 2 aromatic rings. The summed E-state index contributed by atoms with van der Waals surface area (Å²) in [4.78, 5) is 12.0. The Labute approximate surface area is 157 Å². The minimum atomic E-state index is -3.86. The molecule has 0 aliphatic carbocycles.